The number of rotatable bonds is 3. The van der Waals surface area contributed by atoms with Crippen molar-refractivity contribution >= 4 is 16.9 Å². The summed E-state index contributed by atoms with van der Waals surface area (Å²) in [6.07, 6.45) is 0. The molecule has 0 bridgehead atoms. The molecule has 0 aliphatic carbocycles. The van der Waals surface area contributed by atoms with Crippen LogP contribution in [0.5, 0.6) is 11.5 Å². The first kappa shape index (κ1) is 8.92. The summed E-state index contributed by atoms with van der Waals surface area (Å²) in [4.78, 5) is 14.3. The van der Waals surface area contributed by atoms with E-state index in [1.165, 1.54) is 21.3 Å². The van der Waals surface area contributed by atoms with E-state index in [0.29, 0.717) is 11.3 Å². The van der Waals surface area contributed by atoms with E-state index in [1.54, 1.807) is 6.07 Å². The number of methoxy groups -OCH3 is 3. The van der Waals surface area contributed by atoms with Crippen molar-refractivity contribution in [1.82, 2.24) is 4.98 Å². The summed E-state index contributed by atoms with van der Waals surface area (Å²) >= 11 is 0. The van der Waals surface area contributed by atoms with Gasteiger partial charge in [-0.3, -0.25) is 0 Å². The molecule has 2 rings (SSSR count). The molecule has 5 heteroatoms. The van der Waals surface area contributed by atoms with Gasteiger partial charge in [0.25, 0.3) is 0 Å². The number of carbonyl (C=O) groups is 1. The molecule has 1 aromatic heterocycles. The van der Waals surface area contributed by atoms with E-state index in [2.05, 4.69) is 9.72 Å². The largest absolute Gasteiger partial charge is 0.493 e. The number of aromatic nitrogens is 1. The highest BCUT2D eigenvalue weighted by Gasteiger charge is 2.12. The second-order valence-corrected chi connectivity index (χ2v) is 3.28. The van der Waals surface area contributed by atoms with Gasteiger partial charge in [0, 0.05) is 11.5 Å². The van der Waals surface area contributed by atoms with E-state index in [9.17, 15) is 4.79 Å². The molecule has 1 N–H and O–H groups in total. The zero-order chi connectivity index (χ0) is 14.2. The Labute approximate surface area is 101 Å². The van der Waals surface area contributed by atoms with E-state index in [-0.39, 0.29) is 28.9 Å². The van der Waals surface area contributed by atoms with Gasteiger partial charge in [0.15, 0.2) is 11.5 Å². The van der Waals surface area contributed by atoms with Crippen molar-refractivity contribution in [2.24, 2.45) is 0 Å². The molecule has 1 aromatic carbocycles. The minimum absolute atomic E-state index is 0.00121. The minimum Gasteiger partial charge on any atom is -0.493 e. The molecule has 0 saturated carbocycles. The maximum Gasteiger partial charge on any atom is 0.354 e. The van der Waals surface area contributed by atoms with Gasteiger partial charge in [-0.25, -0.2) is 4.79 Å². The normalized spacial score (nSPS) is 11.9. The third kappa shape index (κ3) is 1.91. The maximum absolute atomic E-state index is 11.5. The molecular formula is C12H13NO4. The molecule has 1 heterocycles. The van der Waals surface area contributed by atoms with Gasteiger partial charge in [-0.15, -0.1) is 0 Å². The van der Waals surface area contributed by atoms with Crippen molar-refractivity contribution in [1.29, 1.82) is 0 Å². The Balaban J connectivity index is 2.81. The summed E-state index contributed by atoms with van der Waals surface area (Å²) in [6.45, 7) is 0. The molecule has 0 aliphatic rings. The van der Waals surface area contributed by atoms with Crippen molar-refractivity contribution < 1.29 is 21.7 Å². The molecule has 0 amide bonds. The summed E-state index contributed by atoms with van der Waals surface area (Å²) < 4.78 is 30.8. The number of ether oxygens (including phenoxy) is 3. The first-order valence-electron chi connectivity index (χ1n) is 5.87. The summed E-state index contributed by atoms with van der Waals surface area (Å²) in [6, 6.07) is 1.48. The van der Waals surface area contributed by atoms with Crippen LogP contribution in [0.1, 0.15) is 13.2 Å². The van der Waals surface area contributed by atoms with Gasteiger partial charge in [-0.05, 0) is 12.1 Å². The average Bonchev–Trinajstić information content (AvgIpc) is 2.75. The molecule has 0 aliphatic heterocycles. The Bertz CT molecular complexity index is 651. The molecule has 90 valence electrons. The number of fused-ring (bicyclic) bond motifs is 1. The number of nitrogens with one attached hydrogen (secondary N) is 1. The van der Waals surface area contributed by atoms with Crippen LogP contribution in [0, 0.1) is 0 Å². The lowest BCUT2D eigenvalue weighted by Crippen LogP contribution is -2.00. The molecule has 0 radical (unpaired) electrons. The lowest BCUT2D eigenvalue weighted by atomic mass is 10.2. The highest BCUT2D eigenvalue weighted by molar-refractivity contribution is 5.95. The van der Waals surface area contributed by atoms with E-state index < -0.39 is 5.97 Å². The number of hydrogen-bond donors (Lipinski definition) is 1. The molecule has 5 nitrogen and oxygen atoms in total. The number of carbonyl (C=O) groups excluding carboxylic acids is 1. The van der Waals surface area contributed by atoms with Crippen molar-refractivity contribution in [2.45, 2.75) is 0 Å². The standard InChI is InChI=1S/C12H13NO4/c1-15-10-5-7-4-9(12(14)17-3)13-8(7)6-11(10)16-2/h4-6,13H,1-3H3/i4D,5D. The van der Waals surface area contributed by atoms with E-state index in [0.717, 1.165) is 0 Å². The van der Waals surface area contributed by atoms with Crippen LogP contribution in [0.15, 0.2) is 18.2 Å². The summed E-state index contributed by atoms with van der Waals surface area (Å²) in [7, 11) is 4.10. The molecular weight excluding hydrogens is 222 g/mol. The Morgan fingerprint density at radius 2 is 1.94 bits per heavy atom. The van der Waals surface area contributed by atoms with Gasteiger partial charge < -0.3 is 19.2 Å². The average molecular weight is 237 g/mol. The third-order valence-electron chi connectivity index (χ3n) is 2.33. The quantitative estimate of drug-likeness (QED) is 0.829. The first-order valence-corrected chi connectivity index (χ1v) is 4.87. The van der Waals surface area contributed by atoms with Crippen LogP contribution in [-0.4, -0.2) is 32.3 Å². The lowest BCUT2D eigenvalue weighted by molar-refractivity contribution is 0.0595. The number of esters is 1. The van der Waals surface area contributed by atoms with Crippen molar-refractivity contribution in [3.63, 3.8) is 0 Å². The van der Waals surface area contributed by atoms with Crippen LogP contribution in [0.25, 0.3) is 10.9 Å². The van der Waals surface area contributed by atoms with Crippen LogP contribution in [0.2, 0.25) is 0 Å². The summed E-state index contributed by atoms with van der Waals surface area (Å²) in [5.74, 6) is -0.0740. The van der Waals surface area contributed by atoms with Crippen LogP contribution in [-0.2, 0) is 4.74 Å². The molecule has 0 fully saturated rings. The fourth-order valence-corrected chi connectivity index (χ4v) is 1.51. The van der Waals surface area contributed by atoms with Gasteiger partial charge in [0.1, 0.15) is 5.69 Å². The van der Waals surface area contributed by atoms with Gasteiger partial charge in [-0.2, -0.15) is 0 Å². The molecule has 17 heavy (non-hydrogen) atoms. The maximum atomic E-state index is 11.5. The van der Waals surface area contributed by atoms with Gasteiger partial charge in [0.05, 0.1) is 29.6 Å². The monoisotopic (exact) mass is 237 g/mol. The fraction of sp³-hybridized carbons (Fsp3) is 0.250. The predicted molar refractivity (Wildman–Crippen MR) is 62.7 cm³/mol. The van der Waals surface area contributed by atoms with Crippen molar-refractivity contribution in [2.75, 3.05) is 21.3 Å². The van der Waals surface area contributed by atoms with Gasteiger partial charge >= 0.3 is 5.97 Å². The number of hydrogen-bond acceptors (Lipinski definition) is 4. The van der Waals surface area contributed by atoms with Crippen molar-refractivity contribution in [3.8, 4) is 11.5 Å². The summed E-state index contributed by atoms with van der Waals surface area (Å²) in [5, 5.41) is 0.290. The minimum atomic E-state index is -0.654. The summed E-state index contributed by atoms with van der Waals surface area (Å²) in [5.41, 5.74) is 0.453. The molecule has 0 spiro atoms. The molecule has 0 unspecified atom stereocenters. The Hall–Kier alpha value is -2.17. The van der Waals surface area contributed by atoms with Crippen LogP contribution in [0.4, 0.5) is 0 Å². The number of benzene rings is 1. The predicted octanol–water partition coefficient (Wildman–Crippen LogP) is 1.97. The lowest BCUT2D eigenvalue weighted by Gasteiger charge is -2.06. The number of aromatic amines is 1. The zero-order valence-electron chi connectivity index (χ0n) is 11.7. The van der Waals surface area contributed by atoms with Crippen LogP contribution >= 0.6 is 0 Å². The van der Waals surface area contributed by atoms with E-state index in [4.69, 9.17) is 12.2 Å². The SMILES string of the molecule is [2H]c1c(C(=O)OC)[nH]c2cc(OC)c(OC)c([2H])c12. The molecule has 2 aromatic rings. The highest BCUT2D eigenvalue weighted by atomic mass is 16.5. The van der Waals surface area contributed by atoms with E-state index in [1.807, 2.05) is 0 Å². The smallest absolute Gasteiger partial charge is 0.354 e. The van der Waals surface area contributed by atoms with Crippen LogP contribution in [0.3, 0.4) is 0 Å². The fourth-order valence-electron chi connectivity index (χ4n) is 1.51. The first-order chi connectivity index (χ1) is 9.04. The van der Waals surface area contributed by atoms with Gasteiger partial charge in [-0.1, -0.05) is 0 Å². The van der Waals surface area contributed by atoms with Gasteiger partial charge in [0.2, 0.25) is 0 Å². The topological polar surface area (TPSA) is 60.6 Å². The second-order valence-electron chi connectivity index (χ2n) is 3.28. The third-order valence-corrected chi connectivity index (χ3v) is 2.33. The van der Waals surface area contributed by atoms with Crippen LogP contribution < -0.4 is 9.47 Å². The Morgan fingerprint density at radius 1 is 1.24 bits per heavy atom. The molecule has 0 atom stereocenters. The Morgan fingerprint density at radius 3 is 2.53 bits per heavy atom. The second kappa shape index (κ2) is 4.37. The molecule has 0 saturated heterocycles. The zero-order valence-corrected chi connectivity index (χ0v) is 9.71. The number of H-pyrrole nitrogens is 1. The Kier molecular flexibility index (Phi) is 2.29. The highest BCUT2D eigenvalue weighted by Crippen LogP contribution is 2.32. The van der Waals surface area contributed by atoms with E-state index >= 15 is 0 Å². The van der Waals surface area contributed by atoms with Crippen molar-refractivity contribution in [3.05, 3.63) is 23.8 Å².